The molecule has 3 heterocycles. The Hall–Kier alpha value is -3.49. The third-order valence-electron chi connectivity index (χ3n) is 4.69. The summed E-state index contributed by atoms with van der Waals surface area (Å²) in [6.45, 7) is 1.46. The summed E-state index contributed by atoms with van der Waals surface area (Å²) < 4.78 is 38.3. The van der Waals surface area contributed by atoms with Crippen LogP contribution in [-0.2, 0) is 4.79 Å². The van der Waals surface area contributed by atoms with Gasteiger partial charge in [-0.1, -0.05) is 12.1 Å². The van der Waals surface area contributed by atoms with E-state index in [4.69, 9.17) is 0 Å². The van der Waals surface area contributed by atoms with Gasteiger partial charge in [-0.2, -0.15) is 13.2 Å². The summed E-state index contributed by atoms with van der Waals surface area (Å²) in [5.41, 5.74) is 3.14. The van der Waals surface area contributed by atoms with Gasteiger partial charge in [-0.25, -0.2) is 9.97 Å². The Bertz CT molecular complexity index is 1060. The molecule has 1 N–H and O–H groups in total. The van der Waals surface area contributed by atoms with Gasteiger partial charge in [-0.3, -0.25) is 9.78 Å². The molecule has 4 rings (SSSR count). The predicted octanol–water partition coefficient (Wildman–Crippen LogP) is 4.12. The van der Waals surface area contributed by atoms with Crippen molar-refractivity contribution in [1.29, 1.82) is 0 Å². The molecule has 0 bridgehead atoms. The number of amides is 1. The maximum absolute atomic E-state index is 12.8. The van der Waals surface area contributed by atoms with E-state index in [1.54, 1.807) is 42.7 Å². The summed E-state index contributed by atoms with van der Waals surface area (Å²) in [5.74, 6) is -2.56. The van der Waals surface area contributed by atoms with E-state index in [1.165, 1.54) is 0 Å². The van der Waals surface area contributed by atoms with Crippen LogP contribution in [0, 0.1) is 12.8 Å². The quantitative estimate of drug-likeness (QED) is 0.669. The molecule has 29 heavy (non-hydrogen) atoms. The molecule has 9 heteroatoms. The van der Waals surface area contributed by atoms with Gasteiger partial charge >= 0.3 is 6.18 Å². The molecule has 1 unspecified atom stereocenters. The summed E-state index contributed by atoms with van der Waals surface area (Å²) in [4.78, 5) is 25.9. The molecule has 0 aliphatic carbocycles. The third kappa shape index (κ3) is 3.75. The highest BCUT2D eigenvalue weighted by molar-refractivity contribution is 6.02. The average Bonchev–Trinajstić information content (AvgIpc) is 2.69. The topological polar surface area (TPSA) is 71.0 Å². The standard InChI is InChI=1S/C20H16F3N5O/c1-12-5-6-13(28-11-14(18(28)29)20(21,22)23)10-17(12)27-19-25-9-7-16(26-19)15-4-2-3-8-24-15/h2-10,14H,11H2,1H3,(H,25,26,27). The van der Waals surface area contributed by atoms with Crippen molar-refractivity contribution in [2.24, 2.45) is 5.92 Å². The fraction of sp³-hybridized carbons (Fsp3) is 0.200. The molecule has 1 atom stereocenters. The van der Waals surface area contributed by atoms with Crippen LogP contribution in [0.25, 0.3) is 11.4 Å². The van der Waals surface area contributed by atoms with E-state index in [0.717, 1.165) is 10.5 Å². The van der Waals surface area contributed by atoms with Crippen molar-refractivity contribution in [3.8, 4) is 11.4 Å². The van der Waals surface area contributed by atoms with Gasteiger partial charge in [0.25, 0.3) is 0 Å². The molecule has 1 aliphatic heterocycles. The van der Waals surface area contributed by atoms with Crippen LogP contribution in [0.4, 0.5) is 30.5 Å². The van der Waals surface area contributed by atoms with Gasteiger partial charge in [0.2, 0.25) is 11.9 Å². The Morgan fingerprint density at radius 3 is 2.59 bits per heavy atom. The second-order valence-corrected chi connectivity index (χ2v) is 6.65. The number of anilines is 3. The van der Waals surface area contributed by atoms with E-state index in [-0.39, 0.29) is 6.54 Å². The highest BCUT2D eigenvalue weighted by Gasteiger charge is 2.54. The van der Waals surface area contributed by atoms with Crippen molar-refractivity contribution in [3.05, 3.63) is 60.4 Å². The number of aromatic nitrogens is 3. The lowest BCUT2D eigenvalue weighted by Crippen LogP contribution is -2.58. The van der Waals surface area contributed by atoms with Gasteiger partial charge in [-0.15, -0.1) is 0 Å². The zero-order valence-electron chi connectivity index (χ0n) is 15.3. The number of β-lactam (4-membered cyclic amide) rings is 1. The predicted molar refractivity (Wildman–Crippen MR) is 102 cm³/mol. The van der Waals surface area contributed by atoms with Crippen LogP contribution < -0.4 is 10.2 Å². The van der Waals surface area contributed by atoms with E-state index in [0.29, 0.717) is 28.7 Å². The number of hydrogen-bond donors (Lipinski definition) is 1. The molecule has 1 fully saturated rings. The normalized spacial score (nSPS) is 16.5. The first-order chi connectivity index (χ1) is 13.8. The number of alkyl halides is 3. The van der Waals surface area contributed by atoms with Gasteiger partial charge in [0.1, 0.15) is 0 Å². The Morgan fingerprint density at radius 1 is 1.07 bits per heavy atom. The van der Waals surface area contributed by atoms with E-state index in [9.17, 15) is 18.0 Å². The van der Waals surface area contributed by atoms with Crippen LogP contribution in [-0.4, -0.2) is 33.6 Å². The molecule has 6 nitrogen and oxygen atoms in total. The minimum atomic E-state index is -4.51. The van der Waals surface area contributed by atoms with E-state index in [2.05, 4.69) is 20.3 Å². The first-order valence-electron chi connectivity index (χ1n) is 8.83. The summed E-state index contributed by atoms with van der Waals surface area (Å²) in [6, 6.07) is 12.2. The first kappa shape index (κ1) is 18.9. The molecule has 0 radical (unpaired) electrons. The van der Waals surface area contributed by atoms with Crippen molar-refractivity contribution >= 4 is 23.2 Å². The van der Waals surface area contributed by atoms with Gasteiger partial charge in [-0.05, 0) is 42.8 Å². The van der Waals surface area contributed by atoms with Crippen molar-refractivity contribution in [3.63, 3.8) is 0 Å². The van der Waals surface area contributed by atoms with Gasteiger partial charge in [0.05, 0.1) is 11.4 Å². The lowest BCUT2D eigenvalue weighted by atomic mass is 9.97. The van der Waals surface area contributed by atoms with Crippen LogP contribution in [0.1, 0.15) is 5.56 Å². The van der Waals surface area contributed by atoms with Crippen LogP contribution in [0.3, 0.4) is 0 Å². The monoisotopic (exact) mass is 399 g/mol. The molecule has 1 saturated heterocycles. The maximum atomic E-state index is 12.8. The Balaban J connectivity index is 1.56. The number of carbonyl (C=O) groups excluding carboxylic acids is 1. The molecule has 1 aliphatic rings. The molecule has 1 amide bonds. The SMILES string of the molecule is Cc1ccc(N2CC(C(F)(F)F)C2=O)cc1Nc1nccc(-c2ccccn2)n1. The van der Waals surface area contributed by atoms with Crippen LogP contribution in [0.5, 0.6) is 0 Å². The second kappa shape index (κ2) is 7.16. The average molecular weight is 399 g/mol. The highest BCUT2D eigenvalue weighted by Crippen LogP contribution is 2.38. The number of pyridine rings is 1. The first-order valence-corrected chi connectivity index (χ1v) is 8.83. The second-order valence-electron chi connectivity index (χ2n) is 6.65. The van der Waals surface area contributed by atoms with E-state index >= 15 is 0 Å². The van der Waals surface area contributed by atoms with E-state index < -0.39 is 18.0 Å². The Labute approximate surface area is 164 Å². The number of carbonyl (C=O) groups is 1. The molecule has 2 aromatic heterocycles. The van der Waals surface area contributed by atoms with Crippen molar-refractivity contribution in [1.82, 2.24) is 15.0 Å². The molecule has 0 saturated carbocycles. The lowest BCUT2D eigenvalue weighted by Gasteiger charge is -2.39. The third-order valence-corrected chi connectivity index (χ3v) is 4.69. The summed E-state index contributed by atoms with van der Waals surface area (Å²) >= 11 is 0. The zero-order chi connectivity index (χ0) is 20.6. The zero-order valence-corrected chi connectivity index (χ0v) is 15.3. The van der Waals surface area contributed by atoms with Crippen LogP contribution >= 0.6 is 0 Å². The molecule has 3 aromatic rings. The molecule has 148 valence electrons. The van der Waals surface area contributed by atoms with Crippen molar-refractivity contribution in [2.75, 3.05) is 16.8 Å². The molecular formula is C20H16F3N5O. The van der Waals surface area contributed by atoms with Crippen LogP contribution in [0.15, 0.2) is 54.9 Å². The molecular weight excluding hydrogens is 383 g/mol. The smallest absolute Gasteiger partial charge is 0.324 e. The number of aryl methyl sites for hydroxylation is 1. The maximum Gasteiger partial charge on any atom is 0.402 e. The minimum Gasteiger partial charge on any atom is -0.324 e. The van der Waals surface area contributed by atoms with Crippen molar-refractivity contribution in [2.45, 2.75) is 13.1 Å². The van der Waals surface area contributed by atoms with Crippen LogP contribution in [0.2, 0.25) is 0 Å². The van der Waals surface area contributed by atoms with Gasteiger partial charge < -0.3 is 10.2 Å². The molecule has 0 spiro atoms. The number of hydrogen-bond acceptors (Lipinski definition) is 5. The largest absolute Gasteiger partial charge is 0.402 e. The Morgan fingerprint density at radius 2 is 1.90 bits per heavy atom. The number of nitrogens with one attached hydrogen (secondary N) is 1. The van der Waals surface area contributed by atoms with Gasteiger partial charge in [0.15, 0.2) is 5.92 Å². The number of benzene rings is 1. The summed E-state index contributed by atoms with van der Waals surface area (Å²) in [7, 11) is 0. The molecule has 1 aromatic carbocycles. The summed E-state index contributed by atoms with van der Waals surface area (Å²) in [6.07, 6.45) is -1.26. The summed E-state index contributed by atoms with van der Waals surface area (Å²) in [5, 5.41) is 3.07. The van der Waals surface area contributed by atoms with Crippen molar-refractivity contribution < 1.29 is 18.0 Å². The van der Waals surface area contributed by atoms with Gasteiger partial charge in [0, 0.05) is 30.3 Å². The lowest BCUT2D eigenvalue weighted by molar-refractivity contribution is -0.189. The highest BCUT2D eigenvalue weighted by atomic mass is 19.4. The number of nitrogens with zero attached hydrogens (tertiary/aromatic N) is 4. The minimum absolute atomic E-state index is 0.316. The number of rotatable bonds is 4. The number of halogens is 3. The fourth-order valence-electron chi connectivity index (χ4n) is 3.01. The van der Waals surface area contributed by atoms with E-state index in [1.807, 2.05) is 19.1 Å². The fourth-order valence-corrected chi connectivity index (χ4v) is 3.01. The Kier molecular flexibility index (Phi) is 4.65.